The van der Waals surface area contributed by atoms with Crippen LogP contribution in [-0.2, 0) is 11.3 Å². The van der Waals surface area contributed by atoms with Gasteiger partial charge in [-0.05, 0) is 37.3 Å². The van der Waals surface area contributed by atoms with Crippen molar-refractivity contribution in [2.75, 3.05) is 0 Å². The van der Waals surface area contributed by atoms with E-state index in [0.717, 1.165) is 37.6 Å². The molecule has 140 valence electrons. The Kier molecular flexibility index (Phi) is 5.11. The van der Waals surface area contributed by atoms with E-state index in [0.29, 0.717) is 5.02 Å². The lowest BCUT2D eigenvalue weighted by Gasteiger charge is -2.06. The Balaban J connectivity index is 1.97. The second-order valence-electron chi connectivity index (χ2n) is 6.37. The SMILES string of the molecule is Cc1c(Sc2ccc(Cl)cc2)c2c(-c3ccccc3)nccc2n1CC(=O)O. The molecular weight excluding hydrogens is 392 g/mol. The van der Waals surface area contributed by atoms with Gasteiger partial charge in [0.2, 0.25) is 0 Å². The summed E-state index contributed by atoms with van der Waals surface area (Å²) >= 11 is 7.62. The molecule has 0 spiro atoms. The molecule has 6 heteroatoms. The number of benzene rings is 2. The maximum absolute atomic E-state index is 11.5. The van der Waals surface area contributed by atoms with Crippen molar-refractivity contribution in [3.8, 4) is 11.3 Å². The summed E-state index contributed by atoms with van der Waals surface area (Å²) in [6.07, 6.45) is 1.74. The Morgan fingerprint density at radius 2 is 1.82 bits per heavy atom. The number of carboxylic acid groups (broad SMARTS) is 1. The van der Waals surface area contributed by atoms with E-state index >= 15 is 0 Å². The fourth-order valence-electron chi connectivity index (χ4n) is 3.28. The third kappa shape index (κ3) is 3.51. The van der Waals surface area contributed by atoms with Crippen LogP contribution in [0.1, 0.15) is 5.69 Å². The van der Waals surface area contributed by atoms with Crippen LogP contribution in [0.4, 0.5) is 0 Å². The van der Waals surface area contributed by atoms with E-state index in [9.17, 15) is 9.90 Å². The molecule has 4 rings (SSSR count). The molecule has 2 aromatic carbocycles. The average Bonchev–Trinajstić information content (AvgIpc) is 2.96. The van der Waals surface area contributed by atoms with Crippen molar-refractivity contribution < 1.29 is 9.90 Å². The molecule has 0 radical (unpaired) electrons. The van der Waals surface area contributed by atoms with Crippen molar-refractivity contribution in [1.82, 2.24) is 9.55 Å². The number of carbonyl (C=O) groups is 1. The van der Waals surface area contributed by atoms with Crippen LogP contribution >= 0.6 is 23.4 Å². The molecule has 0 bridgehead atoms. The van der Waals surface area contributed by atoms with Crippen LogP contribution in [0.2, 0.25) is 5.02 Å². The fourth-order valence-corrected chi connectivity index (χ4v) is 4.48. The Bertz CT molecular complexity index is 1150. The molecule has 0 aliphatic heterocycles. The molecule has 4 nitrogen and oxygen atoms in total. The molecule has 0 fully saturated rings. The second-order valence-corrected chi connectivity index (χ2v) is 7.89. The maximum atomic E-state index is 11.5. The van der Waals surface area contributed by atoms with Crippen LogP contribution in [-0.4, -0.2) is 20.6 Å². The summed E-state index contributed by atoms with van der Waals surface area (Å²) in [5, 5.41) is 11.1. The number of fused-ring (bicyclic) bond motifs is 1. The highest BCUT2D eigenvalue weighted by molar-refractivity contribution is 7.99. The zero-order chi connectivity index (χ0) is 19.7. The van der Waals surface area contributed by atoms with Gasteiger partial charge in [0.1, 0.15) is 6.54 Å². The van der Waals surface area contributed by atoms with Crippen LogP contribution in [0, 0.1) is 6.92 Å². The molecule has 0 aliphatic rings. The molecule has 0 saturated heterocycles. The minimum atomic E-state index is -0.874. The summed E-state index contributed by atoms with van der Waals surface area (Å²) in [4.78, 5) is 18.1. The lowest BCUT2D eigenvalue weighted by atomic mass is 10.1. The van der Waals surface area contributed by atoms with Crippen LogP contribution < -0.4 is 0 Å². The van der Waals surface area contributed by atoms with Gasteiger partial charge in [-0.2, -0.15) is 0 Å². The standard InChI is InChI=1S/C22H17ClN2O2S/c1-14-22(28-17-9-7-16(23)8-10-17)20-18(25(14)13-19(26)27)11-12-24-21(20)15-5-3-2-4-6-15/h2-12H,13H2,1H3,(H,26,27). The van der Waals surface area contributed by atoms with Crippen LogP contribution in [0.15, 0.2) is 76.7 Å². The van der Waals surface area contributed by atoms with Crippen LogP contribution in [0.5, 0.6) is 0 Å². The van der Waals surface area contributed by atoms with E-state index in [2.05, 4.69) is 4.98 Å². The van der Waals surface area contributed by atoms with Crippen LogP contribution in [0.3, 0.4) is 0 Å². The number of hydrogen-bond donors (Lipinski definition) is 1. The number of nitrogens with zero attached hydrogens (tertiary/aromatic N) is 2. The van der Waals surface area contributed by atoms with Gasteiger partial charge < -0.3 is 9.67 Å². The highest BCUT2D eigenvalue weighted by atomic mass is 35.5. The Morgan fingerprint density at radius 3 is 2.50 bits per heavy atom. The van der Waals surface area contributed by atoms with Gasteiger partial charge in [0, 0.05) is 37.7 Å². The second kappa shape index (κ2) is 7.70. The summed E-state index contributed by atoms with van der Waals surface area (Å²) in [6.45, 7) is 1.86. The van der Waals surface area contributed by atoms with E-state index in [-0.39, 0.29) is 6.54 Å². The van der Waals surface area contributed by atoms with Gasteiger partial charge in [-0.25, -0.2) is 0 Å². The summed E-state index contributed by atoms with van der Waals surface area (Å²) in [5.41, 5.74) is 3.62. The topological polar surface area (TPSA) is 55.1 Å². The smallest absolute Gasteiger partial charge is 0.323 e. The highest BCUT2D eigenvalue weighted by Crippen LogP contribution is 2.42. The molecule has 28 heavy (non-hydrogen) atoms. The summed E-state index contributed by atoms with van der Waals surface area (Å²) < 4.78 is 1.84. The molecule has 0 atom stereocenters. The number of aliphatic carboxylic acids is 1. The zero-order valence-corrected chi connectivity index (χ0v) is 16.7. The molecule has 0 saturated carbocycles. The molecule has 0 amide bonds. The predicted octanol–water partition coefficient (Wildman–Crippen LogP) is 5.90. The van der Waals surface area contributed by atoms with E-state index in [1.54, 1.807) is 18.0 Å². The number of pyridine rings is 1. The Morgan fingerprint density at radius 1 is 1.11 bits per heavy atom. The summed E-state index contributed by atoms with van der Waals surface area (Å²) in [5.74, 6) is -0.874. The van der Waals surface area contributed by atoms with Crippen LogP contribution in [0.25, 0.3) is 22.2 Å². The fraction of sp³-hybridized carbons (Fsp3) is 0.0909. The molecule has 4 aromatic rings. The van der Waals surface area contributed by atoms with Crippen molar-refractivity contribution >= 4 is 40.2 Å². The van der Waals surface area contributed by atoms with Gasteiger partial charge in [0.25, 0.3) is 0 Å². The first kappa shape index (κ1) is 18.6. The van der Waals surface area contributed by atoms with E-state index < -0.39 is 5.97 Å². The van der Waals surface area contributed by atoms with Crippen molar-refractivity contribution in [3.05, 3.63) is 77.6 Å². The molecule has 0 aliphatic carbocycles. The molecule has 0 unspecified atom stereocenters. The normalized spacial score (nSPS) is 11.1. The molecule has 1 N–H and O–H groups in total. The molecular formula is C22H17ClN2O2S. The maximum Gasteiger partial charge on any atom is 0.323 e. The van der Waals surface area contributed by atoms with Gasteiger partial charge in [-0.15, -0.1) is 0 Å². The van der Waals surface area contributed by atoms with Gasteiger partial charge in [0.05, 0.1) is 11.2 Å². The van der Waals surface area contributed by atoms with Gasteiger partial charge in [-0.3, -0.25) is 9.78 Å². The minimum absolute atomic E-state index is 0.0955. The minimum Gasteiger partial charge on any atom is -0.480 e. The van der Waals surface area contributed by atoms with Crippen molar-refractivity contribution in [3.63, 3.8) is 0 Å². The third-order valence-corrected chi connectivity index (χ3v) is 6.02. The summed E-state index contributed by atoms with van der Waals surface area (Å²) in [6, 6.07) is 19.5. The number of hydrogen-bond acceptors (Lipinski definition) is 3. The number of aromatic nitrogens is 2. The van der Waals surface area contributed by atoms with Crippen molar-refractivity contribution in [1.29, 1.82) is 0 Å². The van der Waals surface area contributed by atoms with E-state index in [1.807, 2.05) is 72.2 Å². The molecule has 2 heterocycles. The van der Waals surface area contributed by atoms with Gasteiger partial charge in [0.15, 0.2) is 0 Å². The van der Waals surface area contributed by atoms with Crippen molar-refractivity contribution in [2.24, 2.45) is 0 Å². The quantitative estimate of drug-likeness (QED) is 0.446. The first-order chi connectivity index (χ1) is 13.5. The number of rotatable bonds is 5. The highest BCUT2D eigenvalue weighted by Gasteiger charge is 2.20. The predicted molar refractivity (Wildman–Crippen MR) is 113 cm³/mol. The third-order valence-electron chi connectivity index (χ3n) is 4.55. The lowest BCUT2D eigenvalue weighted by Crippen LogP contribution is -2.09. The number of halogens is 1. The largest absolute Gasteiger partial charge is 0.480 e. The van der Waals surface area contributed by atoms with Gasteiger partial charge in [-0.1, -0.05) is 53.7 Å². The first-order valence-electron chi connectivity index (χ1n) is 8.73. The summed E-state index contributed by atoms with van der Waals surface area (Å²) in [7, 11) is 0. The van der Waals surface area contributed by atoms with Gasteiger partial charge >= 0.3 is 5.97 Å². The monoisotopic (exact) mass is 408 g/mol. The van der Waals surface area contributed by atoms with E-state index in [1.165, 1.54) is 0 Å². The lowest BCUT2D eigenvalue weighted by molar-refractivity contribution is -0.137. The average molecular weight is 409 g/mol. The number of carboxylic acids is 1. The molecule has 2 aromatic heterocycles. The van der Waals surface area contributed by atoms with Crippen molar-refractivity contribution in [2.45, 2.75) is 23.3 Å². The first-order valence-corrected chi connectivity index (χ1v) is 9.92. The van der Waals surface area contributed by atoms with E-state index in [4.69, 9.17) is 11.6 Å². The Labute approximate surface area is 171 Å². The Hall–Kier alpha value is -2.76. The zero-order valence-electron chi connectivity index (χ0n) is 15.1.